The third-order valence-electron chi connectivity index (χ3n) is 2.94. The van der Waals surface area contributed by atoms with Crippen molar-refractivity contribution in [2.45, 2.75) is 13.1 Å². The van der Waals surface area contributed by atoms with E-state index < -0.39 is 0 Å². The third kappa shape index (κ3) is 4.49. The molecule has 0 aliphatic rings. The Morgan fingerprint density at radius 1 is 0.947 bits per heavy atom. The Morgan fingerprint density at radius 3 is 1.89 bits per heavy atom. The highest BCUT2D eigenvalue weighted by Crippen LogP contribution is 2.35. The summed E-state index contributed by atoms with van der Waals surface area (Å²) in [7, 11) is 14.4. The number of hydrogen-bond acceptors (Lipinski definition) is 3. The van der Waals surface area contributed by atoms with E-state index in [1.54, 1.807) is 0 Å². The van der Waals surface area contributed by atoms with Gasteiger partial charge in [-0.1, -0.05) is 0 Å². The summed E-state index contributed by atoms with van der Waals surface area (Å²) in [6.07, 6.45) is 0. The molecule has 0 aliphatic heterocycles. The van der Waals surface area contributed by atoms with Crippen LogP contribution < -0.4 is 4.48 Å². The fraction of sp³-hybridized carbons (Fsp3) is 0.600. The molecule has 0 aliphatic carbocycles. The first-order valence-electron chi connectivity index (χ1n) is 6.57. The fourth-order valence-electron chi connectivity index (χ4n) is 2.17. The molecule has 0 bridgehead atoms. The average molecular weight is 266 g/mol. The lowest BCUT2D eigenvalue weighted by atomic mass is 10.1. The number of phenolic OH excluding ortho intramolecular Hbond substituents is 1. The fourth-order valence-corrected chi connectivity index (χ4v) is 2.17. The lowest BCUT2D eigenvalue weighted by Gasteiger charge is -2.27. The van der Waals surface area contributed by atoms with Crippen LogP contribution in [0, 0.1) is 0 Å². The second-order valence-corrected chi connectivity index (χ2v) is 6.61. The van der Waals surface area contributed by atoms with E-state index in [4.69, 9.17) is 0 Å². The highest BCUT2D eigenvalue weighted by molar-refractivity contribution is 5.60. The summed E-state index contributed by atoms with van der Waals surface area (Å²) in [6.45, 7) is 1.63. The molecule has 0 unspecified atom stereocenters. The van der Waals surface area contributed by atoms with Gasteiger partial charge in [-0.15, -0.1) is 0 Å². The summed E-state index contributed by atoms with van der Waals surface area (Å²) in [5.74, 6) is 0.420. The minimum absolute atomic E-state index is 0.420. The topological polar surface area (TPSA) is 26.7 Å². The predicted molar refractivity (Wildman–Crippen MR) is 82.5 cm³/mol. The van der Waals surface area contributed by atoms with Gasteiger partial charge >= 0.3 is 0 Å². The largest absolute Gasteiger partial charge is 0.502 e. The first-order chi connectivity index (χ1) is 8.61. The van der Waals surface area contributed by atoms with E-state index in [0.717, 1.165) is 24.3 Å². The van der Waals surface area contributed by atoms with Crippen LogP contribution >= 0.6 is 0 Å². The monoisotopic (exact) mass is 266 g/mol. The highest BCUT2D eigenvalue weighted by Gasteiger charge is 2.22. The molecule has 1 N–H and O–H groups in total. The molecule has 4 heteroatoms. The van der Waals surface area contributed by atoms with E-state index in [-0.39, 0.29) is 0 Å². The number of benzene rings is 1. The zero-order chi connectivity index (χ0) is 14.8. The zero-order valence-electron chi connectivity index (χ0n) is 13.4. The van der Waals surface area contributed by atoms with Gasteiger partial charge in [0.25, 0.3) is 0 Å². The van der Waals surface area contributed by atoms with Crippen LogP contribution in [0.5, 0.6) is 5.75 Å². The summed E-state index contributed by atoms with van der Waals surface area (Å²) < 4.78 is 0.619. The van der Waals surface area contributed by atoms with Crippen LogP contribution in [0.25, 0.3) is 0 Å². The number of phenols is 1. The molecule has 1 rings (SSSR count). The second kappa shape index (κ2) is 5.90. The van der Waals surface area contributed by atoms with Gasteiger partial charge in [0.1, 0.15) is 0 Å². The van der Waals surface area contributed by atoms with Crippen molar-refractivity contribution >= 4 is 5.69 Å². The number of nitrogens with zero attached hydrogens (tertiary/aromatic N) is 3. The summed E-state index contributed by atoms with van der Waals surface area (Å²) >= 11 is 0. The summed E-state index contributed by atoms with van der Waals surface area (Å²) in [5, 5.41) is 10.5. The normalized spacial score (nSPS) is 12.5. The van der Waals surface area contributed by atoms with Gasteiger partial charge in [-0.25, -0.2) is 0 Å². The van der Waals surface area contributed by atoms with E-state index in [1.165, 1.54) is 5.56 Å². The molecule has 0 fully saturated rings. The SMILES string of the molecule is CN(C)Cc1cc(CN(C)C)c(O)c([N+](C)(C)C)c1. The van der Waals surface area contributed by atoms with Crippen molar-refractivity contribution in [1.29, 1.82) is 0 Å². The van der Waals surface area contributed by atoms with E-state index in [2.05, 4.69) is 57.2 Å². The molecule has 0 spiro atoms. The number of aromatic hydroxyl groups is 1. The molecule has 108 valence electrons. The summed E-state index contributed by atoms with van der Waals surface area (Å²) in [5.41, 5.74) is 3.20. The Labute approximate surface area is 117 Å². The Bertz CT molecular complexity index is 434. The van der Waals surface area contributed by atoms with E-state index in [0.29, 0.717) is 10.2 Å². The van der Waals surface area contributed by atoms with E-state index >= 15 is 0 Å². The van der Waals surface area contributed by atoms with Crippen LogP contribution in [0.15, 0.2) is 12.1 Å². The number of hydrogen-bond donors (Lipinski definition) is 1. The molecular weight excluding hydrogens is 238 g/mol. The van der Waals surface area contributed by atoms with E-state index in [1.807, 2.05) is 14.1 Å². The third-order valence-corrected chi connectivity index (χ3v) is 2.94. The van der Waals surface area contributed by atoms with Crippen LogP contribution in [0.2, 0.25) is 0 Å². The van der Waals surface area contributed by atoms with Gasteiger partial charge in [0.2, 0.25) is 0 Å². The van der Waals surface area contributed by atoms with Gasteiger partial charge in [0.05, 0.1) is 21.1 Å². The van der Waals surface area contributed by atoms with Gasteiger partial charge in [-0.05, 0) is 39.8 Å². The first kappa shape index (κ1) is 16.0. The van der Waals surface area contributed by atoms with Gasteiger partial charge in [0, 0.05) is 24.7 Å². The quantitative estimate of drug-likeness (QED) is 0.822. The molecule has 0 atom stereocenters. The van der Waals surface area contributed by atoms with Gasteiger partial charge in [-0.2, -0.15) is 0 Å². The number of quaternary nitrogens is 1. The van der Waals surface area contributed by atoms with Gasteiger partial charge in [-0.3, -0.25) is 4.48 Å². The molecule has 0 heterocycles. The minimum atomic E-state index is 0.420. The van der Waals surface area contributed by atoms with Crippen molar-refractivity contribution in [3.63, 3.8) is 0 Å². The molecule has 1 aromatic rings. The molecular formula is C15H28N3O+. The van der Waals surface area contributed by atoms with Crippen LogP contribution in [0.1, 0.15) is 11.1 Å². The van der Waals surface area contributed by atoms with E-state index in [9.17, 15) is 5.11 Å². The smallest absolute Gasteiger partial charge is 0.181 e. The Kier molecular flexibility index (Phi) is 4.96. The molecule has 0 amide bonds. The standard InChI is InChI=1S/C15H27N3O/c1-16(2)10-12-8-13(11-17(3)4)15(19)14(9-12)18(5,6)7/h8-9H,10-11H2,1-7H3/p+1. The van der Waals surface area contributed by atoms with Crippen molar-refractivity contribution in [3.8, 4) is 5.75 Å². The van der Waals surface area contributed by atoms with Crippen molar-refractivity contribution in [3.05, 3.63) is 23.3 Å². The van der Waals surface area contributed by atoms with Crippen LogP contribution in [-0.2, 0) is 13.1 Å². The maximum absolute atomic E-state index is 10.5. The summed E-state index contributed by atoms with van der Waals surface area (Å²) in [6, 6.07) is 4.21. The molecule has 0 saturated carbocycles. The lowest BCUT2D eigenvalue weighted by Crippen LogP contribution is -2.35. The maximum atomic E-state index is 10.5. The summed E-state index contributed by atoms with van der Waals surface area (Å²) in [4.78, 5) is 4.22. The number of rotatable bonds is 5. The van der Waals surface area contributed by atoms with Gasteiger partial charge < -0.3 is 14.9 Å². The van der Waals surface area contributed by atoms with Crippen LogP contribution in [-0.4, -0.2) is 64.2 Å². The molecule has 1 aromatic carbocycles. The minimum Gasteiger partial charge on any atom is -0.502 e. The van der Waals surface area contributed by atoms with Gasteiger partial charge in [0.15, 0.2) is 11.4 Å². The van der Waals surface area contributed by atoms with Crippen molar-refractivity contribution in [2.75, 3.05) is 49.3 Å². The predicted octanol–water partition coefficient (Wildman–Crippen LogP) is 1.71. The van der Waals surface area contributed by atoms with Crippen molar-refractivity contribution in [2.24, 2.45) is 0 Å². The molecule has 0 radical (unpaired) electrons. The maximum Gasteiger partial charge on any atom is 0.181 e. The zero-order valence-corrected chi connectivity index (χ0v) is 13.4. The lowest BCUT2D eigenvalue weighted by molar-refractivity contribution is 0.373. The van der Waals surface area contributed by atoms with Crippen LogP contribution in [0.4, 0.5) is 5.69 Å². The molecule has 4 nitrogen and oxygen atoms in total. The Balaban J connectivity index is 3.30. The average Bonchev–Trinajstić information content (AvgIpc) is 2.19. The Hall–Kier alpha value is -1.10. The molecule has 0 saturated heterocycles. The van der Waals surface area contributed by atoms with Crippen molar-refractivity contribution < 1.29 is 5.11 Å². The first-order valence-corrected chi connectivity index (χ1v) is 6.57. The molecule has 0 aromatic heterocycles. The second-order valence-electron chi connectivity index (χ2n) is 6.61. The highest BCUT2D eigenvalue weighted by atomic mass is 16.3. The molecule has 19 heavy (non-hydrogen) atoms. The van der Waals surface area contributed by atoms with Crippen molar-refractivity contribution in [1.82, 2.24) is 14.3 Å². The van der Waals surface area contributed by atoms with Crippen LogP contribution in [0.3, 0.4) is 0 Å². The Morgan fingerprint density at radius 2 is 1.47 bits per heavy atom.